The van der Waals surface area contributed by atoms with E-state index in [0.29, 0.717) is 6.61 Å². The lowest BCUT2D eigenvalue weighted by Gasteiger charge is -2.26. The molecule has 1 aromatic rings. The van der Waals surface area contributed by atoms with Gasteiger partial charge in [-0.2, -0.15) is 0 Å². The first-order valence-electron chi connectivity index (χ1n) is 8.34. The fourth-order valence-electron chi connectivity index (χ4n) is 2.88. The molecule has 4 nitrogen and oxygen atoms in total. The van der Waals surface area contributed by atoms with Crippen LogP contribution in [0.5, 0.6) is 11.5 Å². The minimum atomic E-state index is 0.629. The van der Waals surface area contributed by atoms with Crippen LogP contribution in [-0.4, -0.2) is 45.4 Å². The van der Waals surface area contributed by atoms with Gasteiger partial charge in [-0.25, -0.2) is 0 Å². The molecule has 1 aliphatic heterocycles. The summed E-state index contributed by atoms with van der Waals surface area (Å²) in [6, 6.07) is 5.93. The number of hydrogen-bond acceptors (Lipinski definition) is 4. The molecule has 0 aliphatic carbocycles. The highest BCUT2D eigenvalue weighted by Gasteiger charge is 2.09. The molecule has 1 aromatic carbocycles. The number of rotatable bonds is 9. The number of hydrogen-bond donors (Lipinski definition) is 0. The Morgan fingerprint density at radius 2 is 1.73 bits per heavy atom. The number of likely N-dealkylation sites (tertiary alicyclic amines) is 1. The van der Waals surface area contributed by atoms with Gasteiger partial charge in [0.25, 0.3) is 0 Å². The summed E-state index contributed by atoms with van der Waals surface area (Å²) in [5.74, 6) is 1.52. The van der Waals surface area contributed by atoms with E-state index in [1.165, 1.54) is 45.3 Å². The quantitative estimate of drug-likeness (QED) is 0.654. The molecule has 1 fully saturated rings. The summed E-state index contributed by atoms with van der Waals surface area (Å²) in [5.41, 5.74) is 1.12. The van der Waals surface area contributed by atoms with E-state index in [1.54, 1.807) is 14.2 Å². The van der Waals surface area contributed by atoms with E-state index in [4.69, 9.17) is 14.2 Å². The molecule has 1 saturated heterocycles. The van der Waals surface area contributed by atoms with Crippen molar-refractivity contribution >= 4 is 0 Å². The number of benzene rings is 1. The zero-order valence-electron chi connectivity index (χ0n) is 14.0. The zero-order valence-corrected chi connectivity index (χ0v) is 14.0. The van der Waals surface area contributed by atoms with Gasteiger partial charge in [0.15, 0.2) is 11.5 Å². The molecule has 22 heavy (non-hydrogen) atoms. The predicted octanol–water partition coefficient (Wildman–Crippen LogP) is 3.49. The lowest BCUT2D eigenvalue weighted by Crippen LogP contribution is -2.30. The van der Waals surface area contributed by atoms with E-state index in [9.17, 15) is 0 Å². The summed E-state index contributed by atoms with van der Waals surface area (Å²) in [6.45, 7) is 5.24. The van der Waals surface area contributed by atoms with Gasteiger partial charge in [-0.05, 0) is 63.0 Å². The van der Waals surface area contributed by atoms with Gasteiger partial charge in [0.05, 0.1) is 20.8 Å². The zero-order chi connectivity index (χ0) is 15.6. The predicted molar refractivity (Wildman–Crippen MR) is 88.7 cm³/mol. The topological polar surface area (TPSA) is 30.9 Å². The summed E-state index contributed by atoms with van der Waals surface area (Å²) >= 11 is 0. The van der Waals surface area contributed by atoms with Crippen molar-refractivity contribution in [3.8, 4) is 11.5 Å². The first-order chi connectivity index (χ1) is 10.8. The van der Waals surface area contributed by atoms with E-state index in [-0.39, 0.29) is 0 Å². The smallest absolute Gasteiger partial charge is 0.161 e. The van der Waals surface area contributed by atoms with Gasteiger partial charge < -0.3 is 19.1 Å². The molecule has 2 rings (SSSR count). The standard InChI is InChI=1S/C18H29NO3/c1-20-17-9-8-16(14-18(17)21-2)15-22-13-7-6-12-19-10-4-3-5-11-19/h8-9,14H,3-7,10-13,15H2,1-2H3. The normalized spacial score (nSPS) is 15.7. The second-order valence-electron chi connectivity index (χ2n) is 5.85. The van der Waals surface area contributed by atoms with Crippen molar-refractivity contribution < 1.29 is 14.2 Å². The first kappa shape index (κ1) is 17.1. The molecule has 0 radical (unpaired) electrons. The highest BCUT2D eigenvalue weighted by molar-refractivity contribution is 5.42. The van der Waals surface area contributed by atoms with Crippen LogP contribution >= 0.6 is 0 Å². The first-order valence-corrected chi connectivity index (χ1v) is 8.34. The van der Waals surface area contributed by atoms with Crippen molar-refractivity contribution in [2.45, 2.75) is 38.7 Å². The number of unbranched alkanes of at least 4 members (excludes halogenated alkanes) is 1. The van der Waals surface area contributed by atoms with Crippen molar-refractivity contribution in [2.75, 3.05) is 40.5 Å². The molecule has 0 spiro atoms. The number of ether oxygens (including phenoxy) is 3. The monoisotopic (exact) mass is 307 g/mol. The fraction of sp³-hybridized carbons (Fsp3) is 0.667. The van der Waals surface area contributed by atoms with E-state index in [1.807, 2.05) is 18.2 Å². The molecule has 0 saturated carbocycles. The van der Waals surface area contributed by atoms with Crippen LogP contribution in [0.25, 0.3) is 0 Å². The molecule has 0 atom stereocenters. The molecule has 4 heteroatoms. The molecule has 0 N–H and O–H groups in total. The van der Waals surface area contributed by atoms with Crippen molar-refractivity contribution in [2.24, 2.45) is 0 Å². The van der Waals surface area contributed by atoms with Gasteiger partial charge in [-0.1, -0.05) is 12.5 Å². The molecule has 0 bridgehead atoms. The average molecular weight is 307 g/mol. The molecule has 0 unspecified atom stereocenters. The third-order valence-electron chi connectivity index (χ3n) is 4.18. The summed E-state index contributed by atoms with van der Waals surface area (Å²) in [6.07, 6.45) is 6.51. The summed E-state index contributed by atoms with van der Waals surface area (Å²) in [4.78, 5) is 2.58. The number of piperidine rings is 1. The van der Waals surface area contributed by atoms with Crippen LogP contribution in [0.4, 0.5) is 0 Å². The van der Waals surface area contributed by atoms with Crippen molar-refractivity contribution in [3.63, 3.8) is 0 Å². The maximum atomic E-state index is 5.77. The van der Waals surface area contributed by atoms with Crippen molar-refractivity contribution in [3.05, 3.63) is 23.8 Å². The van der Waals surface area contributed by atoms with Crippen LogP contribution in [0, 0.1) is 0 Å². The Hall–Kier alpha value is -1.26. The highest BCUT2D eigenvalue weighted by atomic mass is 16.5. The Bertz CT molecular complexity index is 430. The minimum Gasteiger partial charge on any atom is -0.493 e. The Labute approximate surface area is 134 Å². The molecule has 0 aromatic heterocycles. The Morgan fingerprint density at radius 1 is 0.955 bits per heavy atom. The molecule has 124 valence electrons. The van der Waals surface area contributed by atoms with Crippen molar-refractivity contribution in [1.82, 2.24) is 4.90 Å². The molecule has 1 heterocycles. The average Bonchev–Trinajstić information content (AvgIpc) is 2.58. The van der Waals surface area contributed by atoms with E-state index >= 15 is 0 Å². The largest absolute Gasteiger partial charge is 0.493 e. The Morgan fingerprint density at radius 3 is 2.45 bits per heavy atom. The molecular weight excluding hydrogens is 278 g/mol. The van der Waals surface area contributed by atoms with E-state index in [2.05, 4.69) is 4.90 Å². The lowest BCUT2D eigenvalue weighted by atomic mass is 10.1. The maximum absolute atomic E-state index is 5.77. The Kier molecular flexibility index (Phi) is 7.54. The number of methoxy groups -OCH3 is 2. The lowest BCUT2D eigenvalue weighted by molar-refractivity contribution is 0.113. The van der Waals surface area contributed by atoms with Crippen LogP contribution in [0.2, 0.25) is 0 Å². The highest BCUT2D eigenvalue weighted by Crippen LogP contribution is 2.27. The maximum Gasteiger partial charge on any atom is 0.161 e. The van der Waals surface area contributed by atoms with Crippen LogP contribution in [0.1, 0.15) is 37.7 Å². The van der Waals surface area contributed by atoms with Gasteiger partial charge >= 0.3 is 0 Å². The van der Waals surface area contributed by atoms with Gasteiger partial charge in [0.1, 0.15) is 0 Å². The van der Waals surface area contributed by atoms with Crippen LogP contribution in [0.3, 0.4) is 0 Å². The fourth-order valence-corrected chi connectivity index (χ4v) is 2.88. The van der Waals surface area contributed by atoms with Crippen molar-refractivity contribution in [1.29, 1.82) is 0 Å². The molecule has 1 aliphatic rings. The van der Waals surface area contributed by atoms with Crippen LogP contribution in [0.15, 0.2) is 18.2 Å². The third kappa shape index (κ3) is 5.50. The van der Waals surface area contributed by atoms with Gasteiger partial charge in [0.2, 0.25) is 0 Å². The van der Waals surface area contributed by atoms with Gasteiger partial charge in [-0.3, -0.25) is 0 Å². The SMILES string of the molecule is COc1ccc(COCCCCN2CCCCC2)cc1OC. The number of nitrogens with zero attached hydrogens (tertiary/aromatic N) is 1. The van der Waals surface area contributed by atoms with Gasteiger partial charge in [-0.15, -0.1) is 0 Å². The minimum absolute atomic E-state index is 0.629. The van der Waals surface area contributed by atoms with Crippen LogP contribution < -0.4 is 9.47 Å². The Balaban J connectivity index is 1.60. The van der Waals surface area contributed by atoms with E-state index in [0.717, 1.165) is 30.1 Å². The second-order valence-corrected chi connectivity index (χ2v) is 5.85. The summed E-state index contributed by atoms with van der Waals surface area (Å²) in [7, 11) is 3.31. The second kappa shape index (κ2) is 9.70. The summed E-state index contributed by atoms with van der Waals surface area (Å²) < 4.78 is 16.3. The van der Waals surface area contributed by atoms with Crippen LogP contribution in [-0.2, 0) is 11.3 Å². The third-order valence-corrected chi connectivity index (χ3v) is 4.18. The summed E-state index contributed by atoms with van der Waals surface area (Å²) in [5, 5.41) is 0. The van der Waals surface area contributed by atoms with Gasteiger partial charge in [0, 0.05) is 6.61 Å². The molecule has 0 amide bonds. The van der Waals surface area contributed by atoms with E-state index < -0.39 is 0 Å². The molecular formula is C18H29NO3.